The summed E-state index contributed by atoms with van der Waals surface area (Å²) < 4.78 is 5.40. The summed E-state index contributed by atoms with van der Waals surface area (Å²) >= 11 is 0. The summed E-state index contributed by atoms with van der Waals surface area (Å²) in [5, 5.41) is 0. The first-order valence-electron chi connectivity index (χ1n) is 5.86. The molecule has 0 aliphatic carbocycles. The number of hydrogen-bond acceptors (Lipinski definition) is 2. The minimum absolute atomic E-state index is 0.697. The molecule has 0 aliphatic rings. The molecule has 0 unspecified atom stereocenters. The molecule has 0 atom stereocenters. The highest BCUT2D eigenvalue weighted by Crippen LogP contribution is 2.33. The first-order valence-corrected chi connectivity index (χ1v) is 5.86. The van der Waals surface area contributed by atoms with Crippen molar-refractivity contribution in [3.05, 3.63) is 53.1 Å². The summed E-state index contributed by atoms with van der Waals surface area (Å²) in [6.07, 6.45) is 0.865. The first kappa shape index (κ1) is 12.4. The van der Waals surface area contributed by atoms with Crippen LogP contribution < -0.4 is 4.74 Å². The number of aryl methyl sites for hydroxylation is 2. The van der Waals surface area contributed by atoms with Gasteiger partial charge in [0, 0.05) is 11.1 Å². The van der Waals surface area contributed by atoms with Gasteiger partial charge in [0.25, 0.3) is 0 Å². The second kappa shape index (κ2) is 5.05. The Morgan fingerprint density at radius 2 is 1.78 bits per heavy atom. The number of aldehydes is 1. The van der Waals surface area contributed by atoms with Gasteiger partial charge in [-0.25, -0.2) is 0 Å². The molecule has 92 valence electrons. The van der Waals surface area contributed by atoms with E-state index in [-0.39, 0.29) is 0 Å². The maximum absolute atomic E-state index is 10.8. The van der Waals surface area contributed by atoms with Gasteiger partial charge in [-0.2, -0.15) is 0 Å². The van der Waals surface area contributed by atoms with Crippen molar-refractivity contribution in [3.63, 3.8) is 0 Å². The average Bonchev–Trinajstić information content (AvgIpc) is 2.38. The van der Waals surface area contributed by atoms with Crippen LogP contribution in [0.25, 0.3) is 11.1 Å². The summed E-state index contributed by atoms with van der Waals surface area (Å²) in [5.41, 5.74) is 5.12. The van der Waals surface area contributed by atoms with Crippen molar-refractivity contribution in [2.24, 2.45) is 0 Å². The summed E-state index contributed by atoms with van der Waals surface area (Å²) in [5.74, 6) is 0.850. The van der Waals surface area contributed by atoms with Crippen LogP contribution in [-0.2, 0) is 0 Å². The van der Waals surface area contributed by atoms with E-state index in [4.69, 9.17) is 4.74 Å². The van der Waals surface area contributed by atoms with Crippen molar-refractivity contribution in [1.29, 1.82) is 0 Å². The van der Waals surface area contributed by atoms with Gasteiger partial charge in [-0.1, -0.05) is 23.8 Å². The van der Waals surface area contributed by atoms with E-state index in [1.165, 1.54) is 5.56 Å². The average molecular weight is 240 g/mol. The van der Waals surface area contributed by atoms with E-state index in [1.807, 2.05) is 37.3 Å². The molecule has 0 amide bonds. The van der Waals surface area contributed by atoms with Crippen LogP contribution in [-0.4, -0.2) is 13.4 Å². The van der Waals surface area contributed by atoms with E-state index in [2.05, 4.69) is 13.0 Å². The van der Waals surface area contributed by atoms with E-state index in [9.17, 15) is 4.79 Å². The van der Waals surface area contributed by atoms with Gasteiger partial charge in [-0.15, -0.1) is 0 Å². The summed E-state index contributed by atoms with van der Waals surface area (Å²) in [6, 6.07) is 11.8. The molecule has 0 fully saturated rings. The molecule has 0 aromatic heterocycles. The van der Waals surface area contributed by atoms with E-state index < -0.39 is 0 Å². The third-order valence-electron chi connectivity index (χ3n) is 3.03. The fourth-order valence-corrected chi connectivity index (χ4v) is 2.09. The summed E-state index contributed by atoms with van der Waals surface area (Å²) in [6.45, 7) is 4.06. The van der Waals surface area contributed by atoms with Crippen LogP contribution in [0.1, 0.15) is 21.5 Å². The van der Waals surface area contributed by atoms with Crippen LogP contribution in [0.15, 0.2) is 36.4 Å². The highest BCUT2D eigenvalue weighted by atomic mass is 16.5. The smallest absolute Gasteiger partial charge is 0.150 e. The van der Waals surface area contributed by atoms with Gasteiger partial charge in [0.1, 0.15) is 12.0 Å². The van der Waals surface area contributed by atoms with Crippen molar-refractivity contribution in [3.8, 4) is 16.9 Å². The van der Waals surface area contributed by atoms with E-state index in [0.29, 0.717) is 5.56 Å². The van der Waals surface area contributed by atoms with Crippen LogP contribution >= 0.6 is 0 Å². The Balaban J connectivity index is 2.61. The zero-order valence-corrected chi connectivity index (χ0v) is 10.9. The molecule has 2 nitrogen and oxygen atoms in total. The van der Waals surface area contributed by atoms with Gasteiger partial charge in [-0.3, -0.25) is 4.79 Å². The van der Waals surface area contributed by atoms with E-state index in [0.717, 1.165) is 28.7 Å². The largest absolute Gasteiger partial charge is 0.496 e. The lowest BCUT2D eigenvalue weighted by Crippen LogP contribution is -1.92. The molecule has 0 saturated carbocycles. The van der Waals surface area contributed by atoms with Crippen molar-refractivity contribution >= 4 is 6.29 Å². The quantitative estimate of drug-likeness (QED) is 0.763. The number of carbonyl (C=O) groups is 1. The van der Waals surface area contributed by atoms with Crippen LogP contribution in [0.4, 0.5) is 0 Å². The lowest BCUT2D eigenvalue weighted by molar-refractivity contribution is 0.112. The number of rotatable bonds is 3. The first-order chi connectivity index (χ1) is 8.65. The molecule has 0 aliphatic heterocycles. The molecule has 0 radical (unpaired) electrons. The van der Waals surface area contributed by atoms with E-state index in [1.54, 1.807) is 7.11 Å². The molecular weight excluding hydrogens is 224 g/mol. The Hall–Kier alpha value is -2.09. The molecule has 2 aromatic carbocycles. The lowest BCUT2D eigenvalue weighted by atomic mass is 9.96. The molecule has 2 aromatic rings. The lowest BCUT2D eigenvalue weighted by Gasteiger charge is -2.12. The predicted molar refractivity (Wildman–Crippen MR) is 73.3 cm³/mol. The Morgan fingerprint density at radius 1 is 1.00 bits per heavy atom. The fraction of sp³-hybridized carbons (Fsp3) is 0.188. The van der Waals surface area contributed by atoms with Crippen LogP contribution in [0.2, 0.25) is 0 Å². The summed E-state index contributed by atoms with van der Waals surface area (Å²) in [4.78, 5) is 10.8. The molecule has 0 heterocycles. The zero-order chi connectivity index (χ0) is 13.1. The van der Waals surface area contributed by atoms with Gasteiger partial charge in [0.15, 0.2) is 0 Å². The van der Waals surface area contributed by atoms with Crippen LogP contribution in [0, 0.1) is 13.8 Å². The van der Waals surface area contributed by atoms with Crippen molar-refractivity contribution < 1.29 is 9.53 Å². The highest BCUT2D eigenvalue weighted by molar-refractivity contribution is 5.80. The van der Waals surface area contributed by atoms with Crippen molar-refractivity contribution in [2.45, 2.75) is 13.8 Å². The normalized spacial score (nSPS) is 10.2. The fourth-order valence-electron chi connectivity index (χ4n) is 2.09. The van der Waals surface area contributed by atoms with Gasteiger partial charge < -0.3 is 4.74 Å². The van der Waals surface area contributed by atoms with Crippen LogP contribution in [0.3, 0.4) is 0 Å². The van der Waals surface area contributed by atoms with E-state index >= 15 is 0 Å². The Morgan fingerprint density at radius 3 is 2.39 bits per heavy atom. The maximum Gasteiger partial charge on any atom is 0.150 e. The molecule has 2 heteroatoms. The standard InChI is InChI=1S/C16H16O2/c1-11-4-7-16(18-3)15(8-11)14-6-5-13(10-17)9-12(14)2/h4-10H,1-3H3. The predicted octanol–water partition coefficient (Wildman–Crippen LogP) is 3.79. The molecule has 2 rings (SSSR count). The molecule has 0 bridgehead atoms. The number of benzene rings is 2. The van der Waals surface area contributed by atoms with Gasteiger partial charge >= 0.3 is 0 Å². The Bertz CT molecular complexity index is 586. The SMILES string of the molecule is COc1ccc(C)cc1-c1ccc(C=O)cc1C. The number of ether oxygens (including phenoxy) is 1. The highest BCUT2D eigenvalue weighted by Gasteiger charge is 2.09. The number of hydrogen-bond donors (Lipinski definition) is 0. The second-order valence-corrected chi connectivity index (χ2v) is 4.40. The third kappa shape index (κ3) is 2.28. The third-order valence-corrected chi connectivity index (χ3v) is 3.03. The van der Waals surface area contributed by atoms with Crippen molar-refractivity contribution in [1.82, 2.24) is 0 Å². The number of carbonyl (C=O) groups excluding carboxylic acids is 1. The second-order valence-electron chi connectivity index (χ2n) is 4.40. The van der Waals surface area contributed by atoms with Crippen molar-refractivity contribution in [2.75, 3.05) is 7.11 Å². The molecule has 0 spiro atoms. The van der Waals surface area contributed by atoms with Gasteiger partial charge in [0.05, 0.1) is 7.11 Å². The minimum Gasteiger partial charge on any atom is -0.496 e. The minimum atomic E-state index is 0.697. The summed E-state index contributed by atoms with van der Waals surface area (Å²) in [7, 11) is 1.67. The van der Waals surface area contributed by atoms with Crippen LogP contribution in [0.5, 0.6) is 5.75 Å². The maximum atomic E-state index is 10.8. The topological polar surface area (TPSA) is 26.3 Å². The molecule has 0 saturated heterocycles. The van der Waals surface area contributed by atoms with Gasteiger partial charge in [-0.05, 0) is 43.2 Å². The Labute approximate surface area is 107 Å². The molecular formula is C16H16O2. The Kier molecular flexibility index (Phi) is 3.47. The number of methoxy groups -OCH3 is 1. The zero-order valence-electron chi connectivity index (χ0n) is 10.9. The monoisotopic (exact) mass is 240 g/mol. The van der Waals surface area contributed by atoms with Gasteiger partial charge in [0.2, 0.25) is 0 Å². The molecule has 0 N–H and O–H groups in total. The molecule has 18 heavy (non-hydrogen) atoms.